The number of aromatic nitrogens is 2. The summed E-state index contributed by atoms with van der Waals surface area (Å²) in [6.07, 6.45) is 2.56. The van der Waals surface area contributed by atoms with Crippen LogP contribution in [0, 0.1) is 13.8 Å². The second-order valence-electron chi connectivity index (χ2n) is 6.95. The van der Waals surface area contributed by atoms with Crippen LogP contribution in [0.2, 0.25) is 0 Å². The molecule has 1 aromatic carbocycles. The fourth-order valence-electron chi connectivity index (χ4n) is 3.45. The molecule has 2 heterocycles. The maximum atomic E-state index is 11.0. The number of likely N-dealkylation sites (tertiary alicyclic amines) is 1. The molecule has 0 amide bonds. The number of hydrogen-bond donors (Lipinski definition) is 1. The van der Waals surface area contributed by atoms with Gasteiger partial charge in [0.2, 0.25) is 0 Å². The summed E-state index contributed by atoms with van der Waals surface area (Å²) in [5, 5.41) is 11.0. The molecule has 128 valence electrons. The van der Waals surface area contributed by atoms with Crippen LogP contribution in [-0.2, 0) is 6.54 Å². The Balaban J connectivity index is 1.63. The van der Waals surface area contributed by atoms with E-state index in [0.717, 1.165) is 36.7 Å². The zero-order valence-electron chi connectivity index (χ0n) is 14.7. The minimum Gasteiger partial charge on any atom is -0.387 e. The van der Waals surface area contributed by atoms with E-state index in [1.807, 2.05) is 31.9 Å². The molecule has 1 fully saturated rings. The van der Waals surface area contributed by atoms with Gasteiger partial charge in [-0.25, -0.2) is 4.98 Å². The van der Waals surface area contributed by atoms with Crippen molar-refractivity contribution in [2.45, 2.75) is 32.4 Å². The van der Waals surface area contributed by atoms with E-state index in [4.69, 9.17) is 0 Å². The molecule has 24 heavy (non-hydrogen) atoms. The van der Waals surface area contributed by atoms with Gasteiger partial charge in [0.15, 0.2) is 0 Å². The van der Waals surface area contributed by atoms with Gasteiger partial charge in [-0.15, -0.1) is 0 Å². The highest BCUT2D eigenvalue weighted by atomic mass is 16.3. The summed E-state index contributed by atoms with van der Waals surface area (Å²) in [7, 11) is 1.98. The van der Waals surface area contributed by atoms with Crippen molar-refractivity contribution in [1.82, 2.24) is 14.9 Å². The third-order valence-electron chi connectivity index (χ3n) is 4.60. The van der Waals surface area contributed by atoms with Gasteiger partial charge in [0.1, 0.15) is 5.82 Å². The van der Waals surface area contributed by atoms with E-state index in [2.05, 4.69) is 39.1 Å². The molecule has 2 aromatic rings. The Morgan fingerprint density at radius 2 is 2.00 bits per heavy atom. The van der Waals surface area contributed by atoms with Gasteiger partial charge in [0.25, 0.3) is 0 Å². The van der Waals surface area contributed by atoms with Crippen molar-refractivity contribution in [2.75, 3.05) is 31.6 Å². The summed E-state index contributed by atoms with van der Waals surface area (Å²) in [5.41, 5.74) is 2.37. The van der Waals surface area contributed by atoms with Crippen molar-refractivity contribution in [3.05, 3.63) is 53.5 Å². The Kier molecular flexibility index (Phi) is 4.83. The number of rotatable bonds is 5. The smallest absolute Gasteiger partial charge is 0.150 e. The normalized spacial score (nSPS) is 21.2. The lowest BCUT2D eigenvalue weighted by Gasteiger charge is -2.30. The lowest BCUT2D eigenvalue weighted by atomic mass is 10.0. The van der Waals surface area contributed by atoms with Crippen molar-refractivity contribution >= 4 is 5.82 Å². The maximum absolute atomic E-state index is 11.0. The highest BCUT2D eigenvalue weighted by molar-refractivity contribution is 5.42. The molecule has 0 radical (unpaired) electrons. The number of benzene rings is 1. The standard InChI is InChI=1S/C19H26N4O/c1-15-11-20-16(2)18(21-15)22(3)13-19(24)9-10-23(14-19)12-17-7-5-4-6-8-17/h4-8,11,24H,9-10,12-14H2,1-3H3. The molecular weight excluding hydrogens is 300 g/mol. The topological polar surface area (TPSA) is 52.5 Å². The number of aryl methyl sites for hydroxylation is 2. The molecular formula is C19H26N4O. The van der Waals surface area contributed by atoms with Gasteiger partial charge in [-0.3, -0.25) is 9.88 Å². The van der Waals surface area contributed by atoms with E-state index in [0.29, 0.717) is 13.1 Å². The Morgan fingerprint density at radius 3 is 2.75 bits per heavy atom. The summed E-state index contributed by atoms with van der Waals surface area (Å²) in [4.78, 5) is 13.3. The Bertz CT molecular complexity index is 691. The average molecular weight is 326 g/mol. The van der Waals surface area contributed by atoms with Crippen LogP contribution in [0.4, 0.5) is 5.82 Å². The molecule has 5 nitrogen and oxygen atoms in total. The highest BCUT2D eigenvalue weighted by Gasteiger charge is 2.37. The fourth-order valence-corrected chi connectivity index (χ4v) is 3.45. The molecule has 1 atom stereocenters. The molecule has 1 N–H and O–H groups in total. The first-order chi connectivity index (χ1) is 11.5. The van der Waals surface area contributed by atoms with Crippen molar-refractivity contribution in [1.29, 1.82) is 0 Å². The van der Waals surface area contributed by atoms with Crippen LogP contribution in [0.5, 0.6) is 0 Å². The molecule has 5 heteroatoms. The van der Waals surface area contributed by atoms with Crippen LogP contribution >= 0.6 is 0 Å². The number of likely N-dealkylation sites (N-methyl/N-ethyl adjacent to an activating group) is 1. The quantitative estimate of drug-likeness (QED) is 0.912. The zero-order chi connectivity index (χ0) is 17.2. The van der Waals surface area contributed by atoms with Crippen molar-refractivity contribution in [3.63, 3.8) is 0 Å². The van der Waals surface area contributed by atoms with Crippen molar-refractivity contribution in [3.8, 4) is 0 Å². The second kappa shape index (κ2) is 6.87. The molecule has 1 aliphatic rings. The predicted molar refractivity (Wildman–Crippen MR) is 96.1 cm³/mol. The SMILES string of the molecule is Cc1cnc(C)c(N(C)CC2(O)CCN(Cc3ccccc3)C2)n1. The van der Waals surface area contributed by atoms with Crippen molar-refractivity contribution < 1.29 is 5.11 Å². The van der Waals surface area contributed by atoms with E-state index >= 15 is 0 Å². The van der Waals surface area contributed by atoms with Crippen LogP contribution in [0.3, 0.4) is 0 Å². The third-order valence-corrected chi connectivity index (χ3v) is 4.60. The van der Waals surface area contributed by atoms with Crippen LogP contribution in [-0.4, -0.2) is 52.3 Å². The Hall–Kier alpha value is -1.98. The Morgan fingerprint density at radius 1 is 1.25 bits per heavy atom. The van der Waals surface area contributed by atoms with Gasteiger partial charge in [0, 0.05) is 39.4 Å². The summed E-state index contributed by atoms with van der Waals surface area (Å²) in [6, 6.07) is 10.4. The van der Waals surface area contributed by atoms with Gasteiger partial charge >= 0.3 is 0 Å². The average Bonchev–Trinajstić information content (AvgIpc) is 2.91. The van der Waals surface area contributed by atoms with Gasteiger partial charge < -0.3 is 10.0 Å². The fraction of sp³-hybridized carbons (Fsp3) is 0.474. The first-order valence-electron chi connectivity index (χ1n) is 8.45. The first-order valence-corrected chi connectivity index (χ1v) is 8.45. The molecule has 0 spiro atoms. The van der Waals surface area contributed by atoms with Crippen LogP contribution < -0.4 is 4.90 Å². The number of hydrogen-bond acceptors (Lipinski definition) is 5. The van der Waals surface area contributed by atoms with Crippen LogP contribution in [0.1, 0.15) is 23.4 Å². The monoisotopic (exact) mass is 326 g/mol. The molecule has 3 rings (SSSR count). The Labute approximate surface area is 144 Å². The molecule has 1 aromatic heterocycles. The van der Waals surface area contributed by atoms with Crippen LogP contribution in [0.25, 0.3) is 0 Å². The molecule has 0 saturated carbocycles. The molecule has 1 unspecified atom stereocenters. The predicted octanol–water partition coefficient (Wildman–Crippen LogP) is 2.17. The largest absolute Gasteiger partial charge is 0.387 e. The number of β-amino-alcohol motifs (C(OH)–C–C–N with tert-alkyl or cyclic N) is 1. The molecule has 0 bridgehead atoms. The minimum absolute atomic E-state index is 0.567. The number of anilines is 1. The number of aliphatic hydroxyl groups is 1. The highest BCUT2D eigenvalue weighted by Crippen LogP contribution is 2.26. The molecule has 0 aliphatic carbocycles. The zero-order valence-corrected chi connectivity index (χ0v) is 14.7. The minimum atomic E-state index is -0.707. The van der Waals surface area contributed by atoms with Gasteiger partial charge in [-0.1, -0.05) is 30.3 Å². The summed E-state index contributed by atoms with van der Waals surface area (Å²) >= 11 is 0. The molecule has 1 aliphatic heterocycles. The van der Waals surface area contributed by atoms with Gasteiger partial charge in [0.05, 0.1) is 17.0 Å². The first kappa shape index (κ1) is 16.9. The summed E-state index contributed by atoms with van der Waals surface area (Å²) in [5.74, 6) is 0.852. The van der Waals surface area contributed by atoms with E-state index in [1.54, 1.807) is 6.20 Å². The van der Waals surface area contributed by atoms with Gasteiger partial charge in [-0.05, 0) is 25.8 Å². The summed E-state index contributed by atoms with van der Waals surface area (Å²) in [6.45, 7) is 6.95. The lowest BCUT2D eigenvalue weighted by Crippen LogP contribution is -2.44. The second-order valence-corrected chi connectivity index (χ2v) is 6.95. The third kappa shape index (κ3) is 3.91. The summed E-state index contributed by atoms with van der Waals surface area (Å²) < 4.78 is 0. The number of nitrogens with zero attached hydrogens (tertiary/aromatic N) is 4. The van der Waals surface area contributed by atoms with Crippen molar-refractivity contribution in [2.24, 2.45) is 0 Å². The molecule has 1 saturated heterocycles. The van der Waals surface area contributed by atoms with E-state index in [1.165, 1.54) is 5.56 Å². The van der Waals surface area contributed by atoms with E-state index in [9.17, 15) is 5.11 Å². The van der Waals surface area contributed by atoms with Gasteiger partial charge in [-0.2, -0.15) is 0 Å². The van der Waals surface area contributed by atoms with E-state index in [-0.39, 0.29) is 0 Å². The van der Waals surface area contributed by atoms with Crippen LogP contribution in [0.15, 0.2) is 36.5 Å². The maximum Gasteiger partial charge on any atom is 0.150 e. The van der Waals surface area contributed by atoms with E-state index < -0.39 is 5.60 Å². The lowest BCUT2D eigenvalue weighted by molar-refractivity contribution is 0.0560.